The summed E-state index contributed by atoms with van der Waals surface area (Å²) in [6, 6.07) is 6.65. The van der Waals surface area contributed by atoms with Crippen molar-refractivity contribution in [3.8, 4) is 22.8 Å². The van der Waals surface area contributed by atoms with Crippen molar-refractivity contribution in [1.29, 1.82) is 0 Å². The first kappa shape index (κ1) is 17.9. The second kappa shape index (κ2) is 8.39. The largest absolute Gasteiger partial charge is 0.504 e. The molecule has 1 heterocycles. The first-order valence-electron chi connectivity index (χ1n) is 7.40. The molecule has 6 heteroatoms. The fraction of sp³-hybridized carbons (Fsp3) is 0.353. The van der Waals surface area contributed by atoms with Crippen LogP contribution in [0.1, 0.15) is 20.3 Å². The molecular weight excluding hydrogens is 337 g/mol. The molecule has 2 aromatic rings. The molecular formula is C17H19Cl2NO3. The fourth-order valence-corrected chi connectivity index (χ4v) is 2.52. The third-order valence-corrected chi connectivity index (χ3v) is 3.56. The Morgan fingerprint density at radius 1 is 1.26 bits per heavy atom. The predicted octanol–water partition coefficient (Wildman–Crippen LogP) is 4.95. The molecule has 1 unspecified atom stereocenters. The number of pyridine rings is 1. The van der Waals surface area contributed by atoms with E-state index in [0.717, 1.165) is 6.42 Å². The summed E-state index contributed by atoms with van der Waals surface area (Å²) < 4.78 is 11.1. The molecule has 0 saturated carbocycles. The number of aromatic nitrogens is 1. The first-order chi connectivity index (χ1) is 11.0. The third kappa shape index (κ3) is 4.99. The number of ether oxygens (including phenoxy) is 2. The van der Waals surface area contributed by atoms with E-state index in [1.165, 1.54) is 6.20 Å². The van der Waals surface area contributed by atoms with Gasteiger partial charge in [-0.2, -0.15) is 0 Å². The highest BCUT2D eigenvalue weighted by molar-refractivity contribution is 6.36. The van der Waals surface area contributed by atoms with Crippen molar-refractivity contribution in [2.75, 3.05) is 13.2 Å². The third-order valence-electron chi connectivity index (χ3n) is 3.07. The zero-order chi connectivity index (χ0) is 16.8. The minimum atomic E-state index is -0.157. The second-order valence-electron chi connectivity index (χ2n) is 5.17. The van der Waals surface area contributed by atoms with Gasteiger partial charge in [0.05, 0.1) is 22.3 Å². The maximum Gasteiger partial charge on any atom is 0.161 e. The van der Waals surface area contributed by atoms with Crippen LogP contribution in [0.3, 0.4) is 0 Å². The van der Waals surface area contributed by atoms with E-state index in [1.54, 1.807) is 24.3 Å². The van der Waals surface area contributed by atoms with E-state index >= 15 is 0 Å². The Balaban J connectivity index is 2.11. The van der Waals surface area contributed by atoms with Gasteiger partial charge in [0.15, 0.2) is 11.5 Å². The smallest absolute Gasteiger partial charge is 0.161 e. The van der Waals surface area contributed by atoms with Crippen LogP contribution in [-0.4, -0.2) is 29.4 Å². The van der Waals surface area contributed by atoms with Crippen molar-refractivity contribution in [1.82, 2.24) is 4.98 Å². The number of hydrogen-bond donors (Lipinski definition) is 1. The molecule has 124 valence electrons. The number of aromatic hydroxyl groups is 1. The Labute approximate surface area is 146 Å². The zero-order valence-corrected chi connectivity index (χ0v) is 14.6. The van der Waals surface area contributed by atoms with E-state index in [4.69, 9.17) is 32.7 Å². The number of benzene rings is 1. The molecule has 0 aliphatic rings. The standard InChI is InChI=1S/C17H19Cl2NO3/c1-3-6-22-10-11(2)23-16-5-4-12(7-15(16)21)17-14(19)8-13(18)9-20-17/h4-5,7-9,11,21H,3,6,10H2,1-2H3. The molecule has 1 aromatic carbocycles. The fourth-order valence-electron chi connectivity index (χ4n) is 2.04. The number of phenols is 1. The molecule has 4 nitrogen and oxygen atoms in total. The Kier molecular flexibility index (Phi) is 6.51. The van der Waals surface area contributed by atoms with Crippen LogP contribution in [-0.2, 0) is 4.74 Å². The number of halogens is 2. The Bertz CT molecular complexity index is 664. The predicted molar refractivity (Wildman–Crippen MR) is 92.6 cm³/mol. The monoisotopic (exact) mass is 355 g/mol. The summed E-state index contributed by atoms with van der Waals surface area (Å²) in [4.78, 5) is 4.19. The first-order valence-corrected chi connectivity index (χ1v) is 8.15. The summed E-state index contributed by atoms with van der Waals surface area (Å²) in [6.07, 6.45) is 2.31. The van der Waals surface area contributed by atoms with Gasteiger partial charge in [0.1, 0.15) is 6.10 Å². The second-order valence-corrected chi connectivity index (χ2v) is 6.01. The topological polar surface area (TPSA) is 51.6 Å². The lowest BCUT2D eigenvalue weighted by Gasteiger charge is -2.16. The van der Waals surface area contributed by atoms with E-state index < -0.39 is 0 Å². The van der Waals surface area contributed by atoms with Crippen LogP contribution in [0, 0.1) is 0 Å². The molecule has 23 heavy (non-hydrogen) atoms. The summed E-state index contributed by atoms with van der Waals surface area (Å²) in [5.74, 6) is 0.420. The summed E-state index contributed by atoms with van der Waals surface area (Å²) in [6.45, 7) is 5.10. The molecule has 0 radical (unpaired) electrons. The van der Waals surface area contributed by atoms with Gasteiger partial charge in [-0.25, -0.2) is 0 Å². The van der Waals surface area contributed by atoms with Crippen molar-refractivity contribution in [2.24, 2.45) is 0 Å². The lowest BCUT2D eigenvalue weighted by Crippen LogP contribution is -2.19. The van der Waals surface area contributed by atoms with Gasteiger partial charge in [0.25, 0.3) is 0 Å². The van der Waals surface area contributed by atoms with Crippen LogP contribution in [0.15, 0.2) is 30.5 Å². The van der Waals surface area contributed by atoms with Gasteiger partial charge in [0.2, 0.25) is 0 Å². The molecule has 2 rings (SSSR count). The summed E-state index contributed by atoms with van der Waals surface area (Å²) >= 11 is 12.0. The summed E-state index contributed by atoms with van der Waals surface area (Å²) in [5.41, 5.74) is 1.24. The van der Waals surface area contributed by atoms with E-state index in [-0.39, 0.29) is 11.9 Å². The van der Waals surface area contributed by atoms with Gasteiger partial charge in [-0.05, 0) is 37.6 Å². The van der Waals surface area contributed by atoms with Crippen molar-refractivity contribution < 1.29 is 14.6 Å². The van der Waals surface area contributed by atoms with Gasteiger partial charge in [-0.15, -0.1) is 0 Å². The van der Waals surface area contributed by atoms with Gasteiger partial charge < -0.3 is 14.6 Å². The normalized spacial score (nSPS) is 12.2. The number of rotatable bonds is 7. The summed E-state index contributed by atoms with van der Waals surface area (Å²) in [5, 5.41) is 11.0. The summed E-state index contributed by atoms with van der Waals surface area (Å²) in [7, 11) is 0. The van der Waals surface area contributed by atoms with Crippen molar-refractivity contribution >= 4 is 23.2 Å². The highest BCUT2D eigenvalue weighted by Crippen LogP contribution is 2.34. The number of phenolic OH excluding ortho intramolecular Hbond substituents is 1. The Morgan fingerprint density at radius 2 is 2.04 bits per heavy atom. The van der Waals surface area contributed by atoms with E-state index in [1.807, 2.05) is 13.8 Å². The van der Waals surface area contributed by atoms with Crippen LogP contribution in [0.25, 0.3) is 11.3 Å². The van der Waals surface area contributed by atoms with Gasteiger partial charge in [0, 0.05) is 18.4 Å². The van der Waals surface area contributed by atoms with Gasteiger partial charge in [-0.1, -0.05) is 30.1 Å². The highest BCUT2D eigenvalue weighted by Gasteiger charge is 2.12. The molecule has 0 spiro atoms. The lowest BCUT2D eigenvalue weighted by molar-refractivity contribution is 0.0577. The molecule has 1 atom stereocenters. The van der Waals surface area contributed by atoms with Crippen LogP contribution in [0.5, 0.6) is 11.5 Å². The van der Waals surface area contributed by atoms with Gasteiger partial charge in [-0.3, -0.25) is 4.98 Å². The van der Waals surface area contributed by atoms with Crippen molar-refractivity contribution in [3.63, 3.8) is 0 Å². The highest BCUT2D eigenvalue weighted by atomic mass is 35.5. The maximum atomic E-state index is 10.2. The molecule has 0 amide bonds. The minimum Gasteiger partial charge on any atom is -0.504 e. The quantitative estimate of drug-likeness (QED) is 0.713. The SMILES string of the molecule is CCCOCC(C)Oc1ccc(-c2ncc(Cl)cc2Cl)cc1O. The Morgan fingerprint density at radius 3 is 2.70 bits per heavy atom. The number of nitrogens with zero attached hydrogens (tertiary/aromatic N) is 1. The maximum absolute atomic E-state index is 10.2. The molecule has 0 bridgehead atoms. The Hall–Kier alpha value is -1.49. The lowest BCUT2D eigenvalue weighted by atomic mass is 10.1. The van der Waals surface area contributed by atoms with Crippen LogP contribution < -0.4 is 4.74 Å². The average Bonchev–Trinajstić information content (AvgIpc) is 2.50. The molecule has 0 fully saturated rings. The minimum absolute atomic E-state index is 0.0256. The van der Waals surface area contributed by atoms with E-state index in [0.29, 0.717) is 40.3 Å². The van der Waals surface area contributed by atoms with E-state index in [9.17, 15) is 5.11 Å². The van der Waals surface area contributed by atoms with Crippen LogP contribution in [0.4, 0.5) is 0 Å². The van der Waals surface area contributed by atoms with Crippen molar-refractivity contribution in [3.05, 3.63) is 40.5 Å². The van der Waals surface area contributed by atoms with Gasteiger partial charge >= 0.3 is 0 Å². The molecule has 0 saturated heterocycles. The van der Waals surface area contributed by atoms with E-state index in [2.05, 4.69) is 4.98 Å². The molecule has 0 aliphatic carbocycles. The molecule has 0 aliphatic heterocycles. The number of hydrogen-bond acceptors (Lipinski definition) is 4. The van der Waals surface area contributed by atoms with Crippen LogP contribution >= 0.6 is 23.2 Å². The average molecular weight is 356 g/mol. The molecule has 1 aromatic heterocycles. The van der Waals surface area contributed by atoms with Crippen molar-refractivity contribution in [2.45, 2.75) is 26.4 Å². The zero-order valence-electron chi connectivity index (χ0n) is 13.1. The van der Waals surface area contributed by atoms with Crippen LogP contribution in [0.2, 0.25) is 10.0 Å². The molecule has 1 N–H and O–H groups in total.